The summed E-state index contributed by atoms with van der Waals surface area (Å²) < 4.78 is 1.93. The number of aryl methyl sites for hydroxylation is 4. The Hall–Kier alpha value is -3.67. The fraction of sp³-hybridized carbons (Fsp3) is 0.367. The van der Waals surface area contributed by atoms with Crippen molar-refractivity contribution in [2.75, 3.05) is 24.5 Å². The van der Waals surface area contributed by atoms with Gasteiger partial charge in [0.05, 0.1) is 11.4 Å². The number of hydrogen-bond acceptors (Lipinski definition) is 4. The standard InChI is InChI=1S/C30H35N5O/c1-20-10-9-13-26(18-20)34-17-16-33(19-21(34)2)28(36)15-14-27-22(3)29-24(5)32-35(30(29)31-23(27)4)25-11-7-6-8-12-25/h6-13,18,21H,14-17,19H2,1-5H3/t21-/m1/s1. The zero-order valence-electron chi connectivity index (χ0n) is 22.0. The molecule has 6 nitrogen and oxygen atoms in total. The molecular weight excluding hydrogens is 446 g/mol. The maximum absolute atomic E-state index is 13.2. The minimum Gasteiger partial charge on any atom is -0.365 e. The smallest absolute Gasteiger partial charge is 0.223 e. The molecule has 2 aromatic carbocycles. The Morgan fingerprint density at radius 1 is 0.944 bits per heavy atom. The van der Waals surface area contributed by atoms with Crippen molar-refractivity contribution in [2.24, 2.45) is 0 Å². The maximum Gasteiger partial charge on any atom is 0.223 e. The molecule has 2 aromatic heterocycles. The average Bonchev–Trinajstić information content (AvgIpc) is 3.20. The largest absolute Gasteiger partial charge is 0.365 e. The average molecular weight is 482 g/mol. The molecule has 0 unspecified atom stereocenters. The zero-order chi connectivity index (χ0) is 25.4. The van der Waals surface area contributed by atoms with Crippen molar-refractivity contribution < 1.29 is 4.79 Å². The molecule has 5 rings (SSSR count). The second-order valence-corrected chi connectivity index (χ2v) is 10.1. The number of rotatable bonds is 5. The van der Waals surface area contributed by atoms with Crippen LogP contribution in [-0.2, 0) is 11.2 Å². The van der Waals surface area contributed by atoms with Gasteiger partial charge in [-0.15, -0.1) is 0 Å². The maximum atomic E-state index is 13.2. The molecule has 0 N–H and O–H groups in total. The van der Waals surface area contributed by atoms with E-state index in [-0.39, 0.29) is 11.9 Å². The van der Waals surface area contributed by atoms with Gasteiger partial charge in [0.25, 0.3) is 0 Å². The van der Waals surface area contributed by atoms with E-state index in [1.807, 2.05) is 53.8 Å². The van der Waals surface area contributed by atoms with Gasteiger partial charge in [-0.2, -0.15) is 5.10 Å². The SMILES string of the molecule is Cc1cccc(N2CCN(C(=O)CCc3c(C)nc4c(c(C)nn4-c4ccccc4)c3C)C[C@H]2C)c1. The normalized spacial score (nSPS) is 16.1. The quantitative estimate of drug-likeness (QED) is 0.387. The van der Waals surface area contributed by atoms with Crippen molar-refractivity contribution in [1.29, 1.82) is 0 Å². The number of hydrogen-bond donors (Lipinski definition) is 0. The number of amides is 1. The number of aromatic nitrogens is 3. The molecule has 1 saturated heterocycles. The molecule has 186 valence electrons. The van der Waals surface area contributed by atoms with Crippen molar-refractivity contribution in [3.8, 4) is 5.69 Å². The van der Waals surface area contributed by atoms with E-state index < -0.39 is 0 Å². The number of fused-ring (bicyclic) bond motifs is 1. The minimum atomic E-state index is 0.223. The molecule has 1 atom stereocenters. The number of para-hydroxylation sites is 1. The minimum absolute atomic E-state index is 0.223. The summed E-state index contributed by atoms with van der Waals surface area (Å²) in [6.07, 6.45) is 1.19. The van der Waals surface area contributed by atoms with Crippen LogP contribution < -0.4 is 4.90 Å². The lowest BCUT2D eigenvalue weighted by atomic mass is 9.98. The van der Waals surface area contributed by atoms with Gasteiger partial charge in [0.2, 0.25) is 5.91 Å². The first-order valence-electron chi connectivity index (χ1n) is 12.9. The fourth-order valence-corrected chi connectivity index (χ4v) is 5.59. The van der Waals surface area contributed by atoms with Crippen LogP contribution in [0.1, 0.15) is 41.4 Å². The van der Waals surface area contributed by atoms with E-state index >= 15 is 0 Å². The number of piperazine rings is 1. The lowest BCUT2D eigenvalue weighted by Gasteiger charge is -2.41. The van der Waals surface area contributed by atoms with Crippen molar-refractivity contribution >= 4 is 22.6 Å². The first-order chi connectivity index (χ1) is 17.3. The monoisotopic (exact) mass is 481 g/mol. The lowest BCUT2D eigenvalue weighted by molar-refractivity contribution is -0.131. The molecule has 0 radical (unpaired) electrons. The fourth-order valence-electron chi connectivity index (χ4n) is 5.59. The van der Waals surface area contributed by atoms with Gasteiger partial charge in [-0.25, -0.2) is 9.67 Å². The molecule has 0 aliphatic carbocycles. The second kappa shape index (κ2) is 9.76. The predicted molar refractivity (Wildman–Crippen MR) is 146 cm³/mol. The van der Waals surface area contributed by atoms with Crippen LogP contribution in [0.5, 0.6) is 0 Å². The van der Waals surface area contributed by atoms with Gasteiger partial charge in [-0.3, -0.25) is 4.79 Å². The van der Waals surface area contributed by atoms with Gasteiger partial charge >= 0.3 is 0 Å². The molecule has 1 aliphatic rings. The van der Waals surface area contributed by atoms with Gasteiger partial charge in [-0.1, -0.05) is 30.3 Å². The molecule has 1 aliphatic heterocycles. The van der Waals surface area contributed by atoms with Crippen LogP contribution in [0.4, 0.5) is 5.69 Å². The second-order valence-electron chi connectivity index (χ2n) is 10.1. The highest BCUT2D eigenvalue weighted by molar-refractivity contribution is 5.85. The number of carbonyl (C=O) groups is 1. The molecule has 1 fully saturated rings. The van der Waals surface area contributed by atoms with Crippen LogP contribution in [0.15, 0.2) is 54.6 Å². The molecule has 36 heavy (non-hydrogen) atoms. The molecule has 0 bridgehead atoms. The Labute approximate surface area is 213 Å². The summed E-state index contributed by atoms with van der Waals surface area (Å²) in [5.74, 6) is 0.223. The number of nitrogens with zero attached hydrogens (tertiary/aromatic N) is 5. The molecule has 4 aromatic rings. The summed E-state index contributed by atoms with van der Waals surface area (Å²) in [6, 6.07) is 19.0. The van der Waals surface area contributed by atoms with E-state index in [1.54, 1.807) is 0 Å². The van der Waals surface area contributed by atoms with E-state index in [1.165, 1.54) is 16.8 Å². The van der Waals surface area contributed by atoms with Gasteiger partial charge in [-0.05, 0) is 82.0 Å². The first-order valence-corrected chi connectivity index (χ1v) is 12.9. The Morgan fingerprint density at radius 2 is 1.69 bits per heavy atom. The van der Waals surface area contributed by atoms with Crippen LogP contribution in [0.3, 0.4) is 0 Å². The third-order valence-corrected chi connectivity index (χ3v) is 7.48. The Kier molecular flexibility index (Phi) is 6.52. The summed E-state index contributed by atoms with van der Waals surface area (Å²) in [5.41, 5.74) is 8.68. The summed E-state index contributed by atoms with van der Waals surface area (Å²) in [4.78, 5) is 22.6. The lowest BCUT2D eigenvalue weighted by Crippen LogP contribution is -2.53. The number of carbonyl (C=O) groups excluding carboxylic acids is 1. The van der Waals surface area contributed by atoms with Gasteiger partial charge in [0, 0.05) is 48.9 Å². The molecule has 1 amide bonds. The topological polar surface area (TPSA) is 54.3 Å². The van der Waals surface area contributed by atoms with Crippen LogP contribution in [0.25, 0.3) is 16.7 Å². The van der Waals surface area contributed by atoms with E-state index in [0.29, 0.717) is 12.8 Å². The first kappa shape index (κ1) is 24.0. The van der Waals surface area contributed by atoms with Crippen LogP contribution in [0, 0.1) is 27.7 Å². The van der Waals surface area contributed by atoms with E-state index in [2.05, 4.69) is 49.9 Å². The summed E-state index contributed by atoms with van der Waals surface area (Å²) in [5, 5.41) is 5.88. The van der Waals surface area contributed by atoms with Crippen molar-refractivity contribution in [1.82, 2.24) is 19.7 Å². The summed E-state index contributed by atoms with van der Waals surface area (Å²) in [6.45, 7) is 12.9. The van der Waals surface area contributed by atoms with Crippen LogP contribution in [-0.4, -0.2) is 51.2 Å². The summed E-state index contributed by atoms with van der Waals surface area (Å²) >= 11 is 0. The van der Waals surface area contributed by atoms with Crippen molar-refractivity contribution in [3.63, 3.8) is 0 Å². The number of anilines is 1. The third kappa shape index (κ3) is 4.48. The molecule has 6 heteroatoms. The van der Waals surface area contributed by atoms with Gasteiger partial charge in [0.15, 0.2) is 5.65 Å². The van der Waals surface area contributed by atoms with Crippen LogP contribution in [0.2, 0.25) is 0 Å². The van der Waals surface area contributed by atoms with E-state index in [9.17, 15) is 4.79 Å². The number of benzene rings is 2. The predicted octanol–water partition coefficient (Wildman–Crippen LogP) is 5.32. The Morgan fingerprint density at radius 3 is 2.42 bits per heavy atom. The van der Waals surface area contributed by atoms with Crippen molar-refractivity contribution in [3.05, 3.63) is 82.7 Å². The molecule has 3 heterocycles. The Balaban J connectivity index is 1.31. The molecule has 0 spiro atoms. The third-order valence-electron chi connectivity index (χ3n) is 7.48. The number of pyridine rings is 1. The van der Waals surface area contributed by atoms with Gasteiger partial charge < -0.3 is 9.80 Å². The molecular formula is C30H35N5O. The summed E-state index contributed by atoms with van der Waals surface area (Å²) in [7, 11) is 0. The molecule has 0 saturated carbocycles. The van der Waals surface area contributed by atoms with E-state index in [4.69, 9.17) is 10.1 Å². The highest BCUT2D eigenvalue weighted by Gasteiger charge is 2.27. The highest BCUT2D eigenvalue weighted by Crippen LogP contribution is 2.29. The highest BCUT2D eigenvalue weighted by atomic mass is 16.2. The van der Waals surface area contributed by atoms with Gasteiger partial charge in [0.1, 0.15) is 0 Å². The van der Waals surface area contributed by atoms with Crippen molar-refractivity contribution in [2.45, 2.75) is 53.5 Å². The zero-order valence-corrected chi connectivity index (χ0v) is 22.0. The van der Waals surface area contributed by atoms with Crippen LogP contribution >= 0.6 is 0 Å². The Bertz CT molecular complexity index is 1410. The van der Waals surface area contributed by atoms with E-state index in [0.717, 1.165) is 53.3 Å².